The third-order valence-electron chi connectivity index (χ3n) is 11.9. The van der Waals surface area contributed by atoms with Gasteiger partial charge in [-0.2, -0.15) is 0 Å². The maximum Gasteiger partial charge on any atom is 0.166 e. The van der Waals surface area contributed by atoms with Gasteiger partial charge >= 0.3 is 0 Å². The Kier molecular flexibility index (Phi) is 9.74. The molecule has 0 amide bonds. The van der Waals surface area contributed by atoms with Crippen LogP contribution in [0.25, 0.3) is 107 Å². The third kappa shape index (κ3) is 7.11. The van der Waals surface area contributed by atoms with Crippen molar-refractivity contribution in [3.8, 4) is 84.9 Å². The van der Waals surface area contributed by atoms with Crippen LogP contribution < -0.4 is 0 Å². The Bertz CT molecular complexity index is 3370. The van der Waals surface area contributed by atoms with Gasteiger partial charge in [0, 0.05) is 44.2 Å². The van der Waals surface area contributed by atoms with E-state index in [0.29, 0.717) is 23.3 Å². The fourth-order valence-corrected chi connectivity index (χ4v) is 9.09. The Hall–Kier alpha value is -8.35. The molecule has 6 nitrogen and oxygen atoms in total. The van der Waals surface area contributed by atoms with Gasteiger partial charge in [-0.05, 0) is 79.4 Å². The first-order valence-corrected chi connectivity index (χ1v) is 21.6. The average molecular weight is 823 g/mol. The summed E-state index contributed by atoms with van der Waals surface area (Å²) in [5, 5.41) is 2.34. The minimum atomic E-state index is 0.554. The van der Waals surface area contributed by atoms with Crippen LogP contribution in [0.5, 0.6) is 0 Å². The number of nitrogens with zero attached hydrogens (tertiary/aromatic N) is 6. The summed E-state index contributed by atoms with van der Waals surface area (Å²) in [6.07, 6.45) is 0. The van der Waals surface area contributed by atoms with Crippen LogP contribution in [0.3, 0.4) is 0 Å². The van der Waals surface area contributed by atoms with E-state index in [1.165, 1.54) is 33.2 Å². The molecule has 11 aromatic rings. The molecule has 304 valence electrons. The predicted molar refractivity (Wildman–Crippen MR) is 262 cm³/mol. The molecule has 0 spiro atoms. The van der Waals surface area contributed by atoms with Crippen molar-refractivity contribution >= 4 is 21.8 Å². The molecular formula is C58H42N6. The first-order valence-electron chi connectivity index (χ1n) is 21.6. The molecule has 0 atom stereocenters. The summed E-state index contributed by atoms with van der Waals surface area (Å²) in [6, 6.07) is 69.4. The molecule has 0 radical (unpaired) electrons. The van der Waals surface area contributed by atoms with Crippen LogP contribution in [0.1, 0.15) is 16.7 Å². The highest BCUT2D eigenvalue weighted by Crippen LogP contribution is 2.41. The molecule has 0 aliphatic carbocycles. The second kappa shape index (κ2) is 16.2. The van der Waals surface area contributed by atoms with Crippen molar-refractivity contribution in [1.82, 2.24) is 29.5 Å². The van der Waals surface area contributed by atoms with Crippen molar-refractivity contribution in [2.75, 3.05) is 0 Å². The fourth-order valence-electron chi connectivity index (χ4n) is 9.09. The molecule has 0 saturated heterocycles. The molecule has 0 bridgehead atoms. The number of rotatable bonds is 8. The Labute approximate surface area is 372 Å². The maximum absolute atomic E-state index is 5.31. The minimum absolute atomic E-state index is 0.554. The lowest BCUT2D eigenvalue weighted by Crippen LogP contribution is -2.04. The molecule has 0 saturated carbocycles. The molecule has 6 heteroatoms. The van der Waals surface area contributed by atoms with Gasteiger partial charge in [-0.1, -0.05) is 169 Å². The molecule has 0 fully saturated rings. The number of hydrogen-bond donors (Lipinski definition) is 0. The molecule has 3 aromatic heterocycles. The zero-order valence-electron chi connectivity index (χ0n) is 35.7. The highest BCUT2D eigenvalue weighted by molar-refractivity contribution is 6.11. The Morgan fingerprint density at radius 2 is 0.797 bits per heavy atom. The zero-order valence-corrected chi connectivity index (χ0v) is 35.7. The van der Waals surface area contributed by atoms with Crippen molar-refractivity contribution in [3.05, 3.63) is 217 Å². The Balaban J connectivity index is 1.19. The van der Waals surface area contributed by atoms with Gasteiger partial charge in [-0.25, -0.2) is 24.9 Å². The van der Waals surface area contributed by atoms with Crippen molar-refractivity contribution < 1.29 is 0 Å². The van der Waals surface area contributed by atoms with Crippen molar-refractivity contribution in [1.29, 1.82) is 0 Å². The minimum Gasteiger partial charge on any atom is -0.309 e. The number of hydrogen-bond acceptors (Lipinski definition) is 5. The fraction of sp³-hybridized carbons (Fsp3) is 0.0517. The Morgan fingerprint density at radius 3 is 1.39 bits per heavy atom. The number of fused-ring (bicyclic) bond motifs is 3. The quantitative estimate of drug-likeness (QED) is 0.153. The van der Waals surface area contributed by atoms with E-state index >= 15 is 0 Å². The van der Waals surface area contributed by atoms with E-state index in [-0.39, 0.29) is 0 Å². The van der Waals surface area contributed by atoms with Crippen LogP contribution in [0, 0.1) is 20.8 Å². The Morgan fingerprint density at radius 1 is 0.328 bits per heavy atom. The lowest BCUT2D eigenvalue weighted by molar-refractivity contribution is 1.06. The standard InChI is InChI=1S/C58H42N6/c1-37-32-38(2)54(39(3)33-37)45-29-31-52-47(35-45)46-26-16-17-27-51(46)64(52)53-30-28-44(50-36-49(40-18-8-4-9-19-40)59-55(60-50)41-20-10-5-11-21-41)34-48(53)58-62-56(42-22-12-6-13-23-42)61-57(63-58)43-24-14-7-15-25-43/h4-36H,1-3H3. The van der Waals surface area contributed by atoms with Gasteiger partial charge < -0.3 is 4.57 Å². The van der Waals surface area contributed by atoms with Gasteiger partial charge in [0.05, 0.1) is 28.1 Å². The van der Waals surface area contributed by atoms with Gasteiger partial charge in [-0.3, -0.25) is 0 Å². The van der Waals surface area contributed by atoms with E-state index in [9.17, 15) is 0 Å². The van der Waals surface area contributed by atoms with Crippen molar-refractivity contribution in [3.63, 3.8) is 0 Å². The lowest BCUT2D eigenvalue weighted by Gasteiger charge is -2.17. The van der Waals surface area contributed by atoms with Crippen LogP contribution >= 0.6 is 0 Å². The van der Waals surface area contributed by atoms with E-state index in [0.717, 1.165) is 66.9 Å². The van der Waals surface area contributed by atoms with E-state index in [2.05, 4.69) is 128 Å². The molecule has 0 aliphatic heterocycles. The van der Waals surface area contributed by atoms with Crippen LogP contribution in [-0.4, -0.2) is 29.5 Å². The van der Waals surface area contributed by atoms with E-state index in [4.69, 9.17) is 24.9 Å². The van der Waals surface area contributed by atoms with E-state index in [1.807, 2.05) is 97.1 Å². The first kappa shape index (κ1) is 38.6. The van der Waals surface area contributed by atoms with Crippen LogP contribution in [-0.2, 0) is 0 Å². The van der Waals surface area contributed by atoms with Crippen LogP contribution in [0.4, 0.5) is 0 Å². The summed E-state index contributed by atoms with van der Waals surface area (Å²) >= 11 is 0. The van der Waals surface area contributed by atoms with Crippen LogP contribution in [0.15, 0.2) is 200 Å². The first-order chi connectivity index (χ1) is 31.4. The van der Waals surface area contributed by atoms with Gasteiger partial charge in [0.1, 0.15) is 0 Å². The van der Waals surface area contributed by atoms with Crippen molar-refractivity contribution in [2.45, 2.75) is 20.8 Å². The van der Waals surface area contributed by atoms with Gasteiger partial charge in [0.25, 0.3) is 0 Å². The second-order valence-electron chi connectivity index (χ2n) is 16.3. The van der Waals surface area contributed by atoms with E-state index in [1.54, 1.807) is 0 Å². The highest BCUT2D eigenvalue weighted by Gasteiger charge is 2.22. The average Bonchev–Trinajstić information content (AvgIpc) is 3.68. The lowest BCUT2D eigenvalue weighted by atomic mass is 9.93. The summed E-state index contributed by atoms with van der Waals surface area (Å²) in [7, 11) is 0. The third-order valence-corrected chi connectivity index (χ3v) is 11.9. The molecule has 3 heterocycles. The summed E-state index contributed by atoms with van der Waals surface area (Å²) in [5.74, 6) is 2.39. The van der Waals surface area contributed by atoms with Gasteiger partial charge in [0.15, 0.2) is 23.3 Å². The molecule has 64 heavy (non-hydrogen) atoms. The second-order valence-corrected chi connectivity index (χ2v) is 16.3. The number of aromatic nitrogens is 6. The van der Waals surface area contributed by atoms with Gasteiger partial charge in [0.2, 0.25) is 0 Å². The predicted octanol–water partition coefficient (Wildman–Crippen LogP) is 14.4. The zero-order chi connectivity index (χ0) is 43.1. The SMILES string of the molecule is Cc1cc(C)c(-c2ccc3c(c2)c2ccccc2n3-c2ccc(-c3cc(-c4ccccc4)nc(-c4ccccc4)n3)cc2-c2nc(-c3ccccc3)nc(-c3ccccc3)n2)c(C)c1. The maximum atomic E-state index is 5.31. The molecular weight excluding hydrogens is 781 g/mol. The molecule has 0 N–H and O–H groups in total. The smallest absolute Gasteiger partial charge is 0.166 e. The number of aryl methyl sites for hydroxylation is 3. The molecule has 0 aliphatic rings. The monoisotopic (exact) mass is 822 g/mol. The largest absolute Gasteiger partial charge is 0.309 e. The molecule has 8 aromatic carbocycles. The topological polar surface area (TPSA) is 69.4 Å². The van der Waals surface area contributed by atoms with E-state index < -0.39 is 0 Å². The van der Waals surface area contributed by atoms with Gasteiger partial charge in [-0.15, -0.1) is 0 Å². The molecule has 0 unspecified atom stereocenters. The summed E-state index contributed by atoms with van der Waals surface area (Å²) in [5.41, 5.74) is 16.5. The van der Waals surface area contributed by atoms with Crippen LogP contribution in [0.2, 0.25) is 0 Å². The highest BCUT2D eigenvalue weighted by atomic mass is 15.1. The number of para-hydroxylation sites is 1. The number of benzene rings is 8. The summed E-state index contributed by atoms with van der Waals surface area (Å²) in [6.45, 7) is 6.58. The van der Waals surface area contributed by atoms with Crippen molar-refractivity contribution in [2.24, 2.45) is 0 Å². The normalized spacial score (nSPS) is 11.4. The summed E-state index contributed by atoms with van der Waals surface area (Å²) < 4.78 is 2.36. The summed E-state index contributed by atoms with van der Waals surface area (Å²) in [4.78, 5) is 26.0. The molecule has 11 rings (SSSR count).